The summed E-state index contributed by atoms with van der Waals surface area (Å²) in [6, 6.07) is 0. The van der Waals surface area contributed by atoms with Crippen LogP contribution in [0.25, 0.3) is 0 Å². The summed E-state index contributed by atoms with van der Waals surface area (Å²) in [6.45, 7) is 8.84. The molecule has 0 aliphatic carbocycles. The van der Waals surface area contributed by atoms with Gasteiger partial charge in [-0.3, -0.25) is 0 Å². The van der Waals surface area contributed by atoms with Crippen LogP contribution in [0, 0.1) is 5.92 Å². The standard InChI is InChI=1S/C7H16ClP/c1-6(2)5-9(8)7(3)4/h6-7H,5H2,1-4H3. The number of rotatable bonds is 3. The molecule has 0 aromatic carbocycles. The summed E-state index contributed by atoms with van der Waals surface area (Å²) in [5, 5.41) is 0. The van der Waals surface area contributed by atoms with Crippen molar-refractivity contribution in [1.82, 2.24) is 0 Å². The summed E-state index contributed by atoms with van der Waals surface area (Å²) < 4.78 is 0. The second-order valence-electron chi connectivity index (χ2n) is 3.07. The van der Waals surface area contributed by atoms with Gasteiger partial charge in [-0.1, -0.05) is 38.9 Å². The Kier molecular flexibility index (Phi) is 4.88. The highest BCUT2D eigenvalue weighted by Crippen LogP contribution is 2.47. The highest BCUT2D eigenvalue weighted by Gasteiger charge is 2.09. The SMILES string of the molecule is CC(C)CP(Cl)C(C)C. The van der Waals surface area contributed by atoms with E-state index < -0.39 is 0 Å². The lowest BCUT2D eigenvalue weighted by Crippen LogP contribution is -1.97. The Bertz CT molecular complexity index is 71.3. The van der Waals surface area contributed by atoms with Crippen molar-refractivity contribution in [3.8, 4) is 0 Å². The van der Waals surface area contributed by atoms with Crippen LogP contribution in [-0.2, 0) is 0 Å². The molecule has 0 saturated heterocycles. The maximum Gasteiger partial charge on any atom is -0.00686 e. The number of hydrogen-bond donors (Lipinski definition) is 0. The molecule has 0 aromatic heterocycles. The largest absolute Gasteiger partial charge is 0.0961 e. The zero-order valence-corrected chi connectivity index (χ0v) is 8.34. The molecule has 0 aliphatic heterocycles. The van der Waals surface area contributed by atoms with E-state index in [1.165, 1.54) is 6.16 Å². The van der Waals surface area contributed by atoms with Gasteiger partial charge < -0.3 is 0 Å². The van der Waals surface area contributed by atoms with E-state index in [0.717, 1.165) is 5.92 Å². The van der Waals surface area contributed by atoms with Crippen LogP contribution < -0.4 is 0 Å². The minimum absolute atomic E-state index is 0.207. The van der Waals surface area contributed by atoms with Gasteiger partial charge >= 0.3 is 0 Å². The van der Waals surface area contributed by atoms with Crippen LogP contribution in [0.1, 0.15) is 27.7 Å². The molecule has 0 spiro atoms. The maximum atomic E-state index is 6.08. The molecule has 0 N–H and O–H groups in total. The van der Waals surface area contributed by atoms with E-state index in [1.54, 1.807) is 0 Å². The molecule has 0 bridgehead atoms. The lowest BCUT2D eigenvalue weighted by molar-refractivity contribution is 0.743. The molecular weight excluding hydrogens is 151 g/mol. The fraction of sp³-hybridized carbons (Fsp3) is 1.00. The summed E-state index contributed by atoms with van der Waals surface area (Å²) in [5.41, 5.74) is 0.684. The topological polar surface area (TPSA) is 0 Å². The van der Waals surface area contributed by atoms with Crippen molar-refractivity contribution >= 4 is 18.5 Å². The second-order valence-corrected chi connectivity index (χ2v) is 6.57. The smallest absolute Gasteiger partial charge is 0.00686 e. The molecule has 56 valence electrons. The Labute approximate surface area is 64.5 Å². The quantitative estimate of drug-likeness (QED) is 0.561. The molecule has 0 aliphatic rings. The summed E-state index contributed by atoms with van der Waals surface area (Å²) in [6.07, 6.45) is 1.20. The molecule has 9 heavy (non-hydrogen) atoms. The first-order valence-corrected chi connectivity index (χ1v) is 5.96. The minimum Gasteiger partial charge on any atom is -0.0961 e. The van der Waals surface area contributed by atoms with Gasteiger partial charge in [0.1, 0.15) is 0 Å². The Morgan fingerprint density at radius 1 is 1.22 bits per heavy atom. The van der Waals surface area contributed by atoms with Crippen LogP contribution in [0.4, 0.5) is 0 Å². The highest BCUT2D eigenvalue weighted by atomic mass is 35.7. The monoisotopic (exact) mass is 166 g/mol. The van der Waals surface area contributed by atoms with Gasteiger partial charge in [-0.2, -0.15) is 0 Å². The Balaban J connectivity index is 3.38. The predicted molar refractivity (Wildman–Crippen MR) is 47.6 cm³/mol. The zero-order chi connectivity index (χ0) is 7.44. The third-order valence-electron chi connectivity index (χ3n) is 1.10. The minimum atomic E-state index is -0.207. The predicted octanol–water partition coefficient (Wildman–Crippen LogP) is 3.69. The molecule has 0 saturated carbocycles. The fourth-order valence-electron chi connectivity index (χ4n) is 0.560. The average molecular weight is 167 g/mol. The van der Waals surface area contributed by atoms with Gasteiger partial charge in [0.2, 0.25) is 0 Å². The van der Waals surface area contributed by atoms with Crippen molar-refractivity contribution < 1.29 is 0 Å². The highest BCUT2D eigenvalue weighted by molar-refractivity contribution is 7.84. The first-order valence-electron chi connectivity index (χ1n) is 3.46. The van der Waals surface area contributed by atoms with E-state index in [9.17, 15) is 0 Å². The summed E-state index contributed by atoms with van der Waals surface area (Å²) >= 11 is 6.08. The second kappa shape index (κ2) is 4.52. The first-order chi connectivity index (χ1) is 4.04. The molecule has 0 nitrogen and oxygen atoms in total. The molecule has 0 amide bonds. The normalized spacial score (nSPS) is 15.0. The molecule has 1 unspecified atom stereocenters. The summed E-state index contributed by atoms with van der Waals surface area (Å²) in [7, 11) is -0.207. The van der Waals surface area contributed by atoms with Gasteiger partial charge in [0.25, 0.3) is 0 Å². The van der Waals surface area contributed by atoms with Gasteiger partial charge in [-0.15, -0.1) is 0 Å². The molecule has 0 fully saturated rings. The van der Waals surface area contributed by atoms with Crippen molar-refractivity contribution in [3.63, 3.8) is 0 Å². The van der Waals surface area contributed by atoms with Crippen LogP contribution >= 0.6 is 18.5 Å². The maximum absolute atomic E-state index is 6.08. The van der Waals surface area contributed by atoms with E-state index in [4.69, 9.17) is 11.2 Å². The van der Waals surface area contributed by atoms with Crippen LogP contribution in [-0.4, -0.2) is 11.8 Å². The van der Waals surface area contributed by atoms with E-state index in [0.29, 0.717) is 5.66 Å². The molecule has 2 heteroatoms. The van der Waals surface area contributed by atoms with Crippen molar-refractivity contribution in [1.29, 1.82) is 0 Å². The lowest BCUT2D eigenvalue weighted by Gasteiger charge is -2.14. The molecule has 1 atom stereocenters. The average Bonchev–Trinajstić information content (AvgIpc) is 1.63. The molecular formula is C7H16ClP. The molecule has 0 heterocycles. The van der Waals surface area contributed by atoms with Crippen molar-refractivity contribution in [2.45, 2.75) is 33.4 Å². The van der Waals surface area contributed by atoms with E-state index >= 15 is 0 Å². The Morgan fingerprint density at radius 3 is 1.78 bits per heavy atom. The molecule has 0 radical (unpaired) electrons. The van der Waals surface area contributed by atoms with E-state index in [-0.39, 0.29) is 7.27 Å². The Morgan fingerprint density at radius 2 is 1.67 bits per heavy atom. The van der Waals surface area contributed by atoms with E-state index in [1.807, 2.05) is 0 Å². The summed E-state index contributed by atoms with van der Waals surface area (Å²) in [5.74, 6) is 0.760. The fourth-order valence-corrected chi connectivity index (χ4v) is 2.51. The van der Waals surface area contributed by atoms with Gasteiger partial charge in [0, 0.05) is 0 Å². The van der Waals surface area contributed by atoms with Crippen molar-refractivity contribution in [2.24, 2.45) is 5.92 Å². The van der Waals surface area contributed by atoms with Crippen molar-refractivity contribution in [3.05, 3.63) is 0 Å². The lowest BCUT2D eigenvalue weighted by atomic mass is 10.3. The van der Waals surface area contributed by atoms with Crippen LogP contribution in [0.15, 0.2) is 0 Å². The molecule has 0 aromatic rings. The van der Waals surface area contributed by atoms with Gasteiger partial charge in [0.15, 0.2) is 0 Å². The zero-order valence-electron chi connectivity index (χ0n) is 6.69. The van der Waals surface area contributed by atoms with Gasteiger partial charge in [0.05, 0.1) is 0 Å². The van der Waals surface area contributed by atoms with Crippen LogP contribution in [0.2, 0.25) is 0 Å². The number of hydrogen-bond acceptors (Lipinski definition) is 0. The Hall–Kier alpha value is 0.720. The third-order valence-corrected chi connectivity index (χ3v) is 4.88. The van der Waals surface area contributed by atoms with Crippen molar-refractivity contribution in [2.75, 3.05) is 6.16 Å². The summed E-state index contributed by atoms with van der Waals surface area (Å²) in [4.78, 5) is 0. The van der Waals surface area contributed by atoms with E-state index in [2.05, 4.69) is 27.7 Å². The van der Waals surface area contributed by atoms with Crippen LogP contribution in [0.3, 0.4) is 0 Å². The van der Waals surface area contributed by atoms with Gasteiger partial charge in [-0.05, 0) is 25.0 Å². The van der Waals surface area contributed by atoms with Gasteiger partial charge in [-0.25, -0.2) is 0 Å². The number of halogens is 1. The van der Waals surface area contributed by atoms with Crippen LogP contribution in [0.5, 0.6) is 0 Å². The molecule has 0 rings (SSSR count). The first kappa shape index (κ1) is 9.72. The third kappa shape index (κ3) is 5.18.